The Kier molecular flexibility index (Phi) is 20.8. The van der Waals surface area contributed by atoms with Gasteiger partial charge in [-0.05, 0) is 0 Å². The van der Waals surface area contributed by atoms with Gasteiger partial charge in [-0.2, -0.15) is 35.4 Å². The Hall–Kier alpha value is -0.726. The molecule has 0 radical (unpaired) electrons. The van der Waals surface area contributed by atoms with Crippen molar-refractivity contribution in [2.75, 3.05) is 0 Å². The van der Waals surface area contributed by atoms with E-state index >= 15 is 0 Å². The second-order valence-corrected chi connectivity index (χ2v) is 4.79. The third kappa shape index (κ3) is 12.7. The predicted octanol–water partition coefficient (Wildman–Crippen LogP) is -0.498. The van der Waals surface area contributed by atoms with Gasteiger partial charge in [0.15, 0.2) is 0 Å². The monoisotopic (exact) mass is 328 g/mol. The molecule has 116 valence electrons. The maximum Gasteiger partial charge on any atom is 4.00 e. The fourth-order valence-corrected chi connectivity index (χ4v) is 1.92. The van der Waals surface area contributed by atoms with Crippen molar-refractivity contribution < 1.29 is 31.1 Å². The van der Waals surface area contributed by atoms with E-state index in [1.54, 1.807) is 0 Å². The molecular formula is C18H26F2Ti. The molecule has 0 nitrogen and oxygen atoms in total. The van der Waals surface area contributed by atoms with Crippen LogP contribution < -0.4 is 9.41 Å². The number of aryl methyl sites for hydroxylation is 2. The van der Waals surface area contributed by atoms with Crippen LogP contribution in [-0.4, -0.2) is 0 Å². The summed E-state index contributed by atoms with van der Waals surface area (Å²) in [5.41, 5.74) is 2.97. The molecular weight excluding hydrogens is 302 g/mol. The second-order valence-electron chi connectivity index (χ2n) is 4.79. The predicted molar refractivity (Wildman–Crippen MR) is 81.3 cm³/mol. The molecule has 0 heterocycles. The Labute approximate surface area is 143 Å². The normalized spacial score (nSPS) is 8.48. The van der Waals surface area contributed by atoms with Gasteiger partial charge in [0, 0.05) is 0 Å². The van der Waals surface area contributed by atoms with E-state index in [0.717, 1.165) is 0 Å². The third-order valence-electron chi connectivity index (χ3n) is 3.10. The van der Waals surface area contributed by atoms with Crippen molar-refractivity contribution in [1.29, 1.82) is 0 Å². The van der Waals surface area contributed by atoms with Gasteiger partial charge in [-0.15, -0.1) is 0 Å². The van der Waals surface area contributed by atoms with Crippen LogP contribution in [0, 0.1) is 0 Å². The number of unbranched alkanes of at least 4 members (excludes halogenated alkanes) is 2. The molecule has 0 aliphatic rings. The van der Waals surface area contributed by atoms with Gasteiger partial charge in [0.2, 0.25) is 0 Å². The zero-order valence-corrected chi connectivity index (χ0v) is 14.7. The van der Waals surface area contributed by atoms with Crippen LogP contribution in [0.5, 0.6) is 0 Å². The molecule has 0 amide bonds. The van der Waals surface area contributed by atoms with E-state index in [2.05, 4.69) is 62.4 Å². The van der Waals surface area contributed by atoms with Crippen LogP contribution in [-0.2, 0) is 34.6 Å². The van der Waals surface area contributed by atoms with E-state index in [0.29, 0.717) is 0 Å². The number of halogens is 2. The Morgan fingerprint density at radius 1 is 0.619 bits per heavy atom. The largest absolute Gasteiger partial charge is 4.00 e. The van der Waals surface area contributed by atoms with Crippen molar-refractivity contribution in [2.24, 2.45) is 0 Å². The van der Waals surface area contributed by atoms with E-state index in [4.69, 9.17) is 0 Å². The summed E-state index contributed by atoms with van der Waals surface area (Å²) in [6, 6.07) is 17.2. The summed E-state index contributed by atoms with van der Waals surface area (Å²) in [6.45, 7) is 4.45. The van der Waals surface area contributed by atoms with Crippen LogP contribution >= 0.6 is 0 Å². The fourth-order valence-electron chi connectivity index (χ4n) is 1.92. The summed E-state index contributed by atoms with van der Waals surface area (Å²) in [6.07, 6.45) is 7.75. The molecule has 0 spiro atoms. The quantitative estimate of drug-likeness (QED) is 0.496. The molecule has 0 saturated heterocycles. The first kappa shape index (κ1) is 25.2. The van der Waals surface area contributed by atoms with Crippen molar-refractivity contribution in [2.45, 2.75) is 52.4 Å². The van der Waals surface area contributed by atoms with Crippen LogP contribution in [0.3, 0.4) is 0 Å². The van der Waals surface area contributed by atoms with Gasteiger partial charge in [0.1, 0.15) is 0 Å². The number of hydrogen-bond donors (Lipinski definition) is 0. The van der Waals surface area contributed by atoms with Gasteiger partial charge in [-0.3, -0.25) is 0 Å². The molecule has 0 aromatic heterocycles. The van der Waals surface area contributed by atoms with Crippen molar-refractivity contribution in [3.8, 4) is 0 Å². The average molecular weight is 328 g/mol. The van der Waals surface area contributed by atoms with Crippen LogP contribution in [0.4, 0.5) is 0 Å². The van der Waals surface area contributed by atoms with Gasteiger partial charge in [0.25, 0.3) is 0 Å². The van der Waals surface area contributed by atoms with Crippen molar-refractivity contribution in [3.63, 3.8) is 0 Å². The Morgan fingerprint density at radius 3 is 1.14 bits per heavy atom. The number of hydrogen-bond acceptors (Lipinski definition) is 0. The smallest absolute Gasteiger partial charge is 1.00 e. The van der Waals surface area contributed by atoms with Crippen LogP contribution in [0.2, 0.25) is 0 Å². The Balaban J connectivity index is -0.000000270. The SMILES string of the molecule is CCCC[c-]1cccc1.CCCC[c-]1cccc1.[F-].[F-].[Ti+4]. The van der Waals surface area contributed by atoms with Crippen LogP contribution in [0.25, 0.3) is 0 Å². The Morgan fingerprint density at radius 2 is 0.905 bits per heavy atom. The zero-order valence-electron chi connectivity index (χ0n) is 13.1. The minimum absolute atomic E-state index is 0. The van der Waals surface area contributed by atoms with E-state index in [1.165, 1.54) is 49.7 Å². The third-order valence-corrected chi connectivity index (χ3v) is 3.10. The number of rotatable bonds is 6. The standard InChI is InChI=1S/2C9H13.2FH.Ti/c2*1-2-3-6-9-7-4-5-8-9;;;/h2*4-5,7-8H,2-3,6H2,1H3;2*1H;/q2*-1;;;+4/p-2. The fraction of sp³-hybridized carbons (Fsp3) is 0.444. The molecule has 2 aromatic rings. The van der Waals surface area contributed by atoms with E-state index in [-0.39, 0.29) is 31.1 Å². The molecule has 0 unspecified atom stereocenters. The van der Waals surface area contributed by atoms with Gasteiger partial charge >= 0.3 is 21.7 Å². The summed E-state index contributed by atoms with van der Waals surface area (Å²) in [4.78, 5) is 0. The van der Waals surface area contributed by atoms with Gasteiger partial charge in [-0.25, -0.2) is 24.3 Å². The molecule has 0 N–H and O–H groups in total. The van der Waals surface area contributed by atoms with Crippen molar-refractivity contribution in [3.05, 3.63) is 59.7 Å². The summed E-state index contributed by atoms with van der Waals surface area (Å²) >= 11 is 0. The molecule has 21 heavy (non-hydrogen) atoms. The topological polar surface area (TPSA) is 0 Å². The summed E-state index contributed by atoms with van der Waals surface area (Å²) < 4.78 is 0. The summed E-state index contributed by atoms with van der Waals surface area (Å²) in [5, 5.41) is 0. The maximum atomic E-state index is 2.23. The Bertz CT molecular complexity index is 328. The van der Waals surface area contributed by atoms with Crippen LogP contribution in [0.15, 0.2) is 48.5 Å². The zero-order chi connectivity index (χ0) is 13.1. The molecule has 2 rings (SSSR count). The summed E-state index contributed by atoms with van der Waals surface area (Å²) in [7, 11) is 0. The van der Waals surface area contributed by atoms with Gasteiger partial charge in [0.05, 0.1) is 0 Å². The second kappa shape index (κ2) is 17.3. The summed E-state index contributed by atoms with van der Waals surface area (Å²) in [5.74, 6) is 0. The van der Waals surface area contributed by atoms with Crippen molar-refractivity contribution in [1.82, 2.24) is 0 Å². The minimum atomic E-state index is 0. The molecule has 0 aliphatic heterocycles. The first-order chi connectivity index (χ1) is 8.86. The molecule has 0 atom stereocenters. The first-order valence-electron chi connectivity index (χ1n) is 7.28. The maximum absolute atomic E-state index is 2.23. The molecule has 0 saturated carbocycles. The molecule has 0 bridgehead atoms. The first-order valence-corrected chi connectivity index (χ1v) is 7.28. The molecule has 3 heteroatoms. The van der Waals surface area contributed by atoms with Gasteiger partial charge < -0.3 is 9.41 Å². The van der Waals surface area contributed by atoms with Gasteiger partial charge in [-0.1, -0.05) is 52.4 Å². The van der Waals surface area contributed by atoms with Crippen LogP contribution in [0.1, 0.15) is 50.7 Å². The molecule has 0 aliphatic carbocycles. The minimum Gasteiger partial charge on any atom is -1.00 e. The average Bonchev–Trinajstić information content (AvgIpc) is 3.07. The molecule has 2 aromatic carbocycles. The van der Waals surface area contributed by atoms with E-state index in [9.17, 15) is 0 Å². The van der Waals surface area contributed by atoms with E-state index in [1.807, 2.05) is 0 Å². The van der Waals surface area contributed by atoms with E-state index < -0.39 is 0 Å². The molecule has 0 fully saturated rings. The van der Waals surface area contributed by atoms with Crippen molar-refractivity contribution >= 4 is 0 Å².